The van der Waals surface area contributed by atoms with Gasteiger partial charge in [0.05, 0.1) is 12.0 Å². The molecule has 4 heteroatoms. The molecule has 124 valence electrons. The maximum Gasteiger partial charge on any atom is 0.263 e. The lowest BCUT2D eigenvalue weighted by Crippen LogP contribution is -2.34. The molecule has 0 bridgehead atoms. The minimum absolute atomic E-state index is 0.573. The van der Waals surface area contributed by atoms with Crippen LogP contribution in [0.3, 0.4) is 0 Å². The molecule has 4 nitrogen and oxygen atoms in total. The van der Waals surface area contributed by atoms with Crippen LogP contribution in [-0.4, -0.2) is 23.0 Å². The van der Waals surface area contributed by atoms with E-state index in [9.17, 15) is 0 Å². The summed E-state index contributed by atoms with van der Waals surface area (Å²) in [4.78, 5) is 7.13. The van der Waals surface area contributed by atoms with Crippen LogP contribution in [0.5, 0.6) is 0 Å². The summed E-state index contributed by atoms with van der Waals surface area (Å²) in [5.41, 5.74) is 2.45. The Morgan fingerprint density at radius 2 is 2.04 bits per heavy atom. The number of hydrogen-bond donors (Lipinski definition) is 0. The van der Waals surface area contributed by atoms with Crippen LogP contribution in [0.4, 0.5) is 0 Å². The maximum atomic E-state index is 5.78. The van der Waals surface area contributed by atoms with E-state index >= 15 is 0 Å². The second kappa shape index (κ2) is 6.65. The molecule has 1 saturated heterocycles. The van der Waals surface area contributed by atoms with Crippen molar-refractivity contribution in [1.29, 1.82) is 0 Å². The molecule has 0 radical (unpaired) electrons. The molecule has 1 aromatic carbocycles. The Balaban J connectivity index is 1.47. The molecule has 0 aliphatic carbocycles. The van der Waals surface area contributed by atoms with Gasteiger partial charge in [-0.1, -0.05) is 30.3 Å². The fraction of sp³-hybridized carbons (Fsp3) is 0.350. The van der Waals surface area contributed by atoms with Crippen LogP contribution < -0.4 is 0 Å². The van der Waals surface area contributed by atoms with Crippen molar-refractivity contribution in [3.8, 4) is 11.7 Å². The highest BCUT2D eigenvalue weighted by Crippen LogP contribution is 2.29. The monoisotopic (exact) mass is 322 g/mol. The smallest absolute Gasteiger partial charge is 0.263 e. The normalized spacial score (nSPS) is 18.8. The Morgan fingerprint density at radius 1 is 1.17 bits per heavy atom. The minimum atomic E-state index is 0.573. The Labute approximate surface area is 142 Å². The molecule has 24 heavy (non-hydrogen) atoms. The first-order valence-corrected chi connectivity index (χ1v) is 8.57. The van der Waals surface area contributed by atoms with Crippen LogP contribution in [0.2, 0.25) is 0 Å². The summed E-state index contributed by atoms with van der Waals surface area (Å²) in [5, 5.41) is 0. The van der Waals surface area contributed by atoms with Gasteiger partial charge in [0, 0.05) is 13.1 Å². The molecule has 1 atom stereocenters. The molecule has 4 rings (SSSR count). The van der Waals surface area contributed by atoms with Crippen molar-refractivity contribution in [1.82, 2.24) is 9.88 Å². The van der Waals surface area contributed by atoms with Gasteiger partial charge < -0.3 is 8.83 Å². The molecule has 1 fully saturated rings. The van der Waals surface area contributed by atoms with Gasteiger partial charge in [0.2, 0.25) is 0 Å². The number of oxazole rings is 1. The van der Waals surface area contributed by atoms with Crippen molar-refractivity contribution in [2.75, 3.05) is 13.1 Å². The zero-order valence-electron chi connectivity index (χ0n) is 13.9. The van der Waals surface area contributed by atoms with E-state index in [4.69, 9.17) is 8.83 Å². The largest absolute Gasteiger partial charge is 0.459 e. The number of benzene rings is 1. The van der Waals surface area contributed by atoms with Crippen molar-refractivity contribution < 1.29 is 8.83 Å². The van der Waals surface area contributed by atoms with Gasteiger partial charge in [0.15, 0.2) is 5.76 Å². The Hall–Kier alpha value is -2.33. The highest BCUT2D eigenvalue weighted by Gasteiger charge is 2.23. The van der Waals surface area contributed by atoms with Gasteiger partial charge in [-0.15, -0.1) is 0 Å². The lowest BCUT2D eigenvalue weighted by molar-refractivity contribution is 0.197. The van der Waals surface area contributed by atoms with Crippen LogP contribution in [-0.2, 0) is 6.54 Å². The second-order valence-corrected chi connectivity index (χ2v) is 6.48. The first kappa shape index (κ1) is 15.2. The second-order valence-electron chi connectivity index (χ2n) is 6.48. The maximum absolute atomic E-state index is 5.78. The van der Waals surface area contributed by atoms with Crippen molar-refractivity contribution in [3.63, 3.8) is 0 Å². The van der Waals surface area contributed by atoms with Gasteiger partial charge in [-0.05, 0) is 49.9 Å². The van der Waals surface area contributed by atoms with E-state index in [-0.39, 0.29) is 0 Å². The summed E-state index contributed by atoms with van der Waals surface area (Å²) in [6, 6.07) is 14.6. The minimum Gasteiger partial charge on any atom is -0.459 e. The lowest BCUT2D eigenvalue weighted by Gasteiger charge is -2.32. The molecule has 0 spiro atoms. The number of aryl methyl sites for hydroxylation is 1. The van der Waals surface area contributed by atoms with Crippen molar-refractivity contribution in [2.45, 2.75) is 32.2 Å². The van der Waals surface area contributed by atoms with Crippen molar-refractivity contribution >= 4 is 0 Å². The average molecular weight is 322 g/mol. The predicted molar refractivity (Wildman–Crippen MR) is 92.6 cm³/mol. The third-order valence-electron chi connectivity index (χ3n) is 4.77. The standard InChI is InChI=1S/C20H22N2O2/c1-15-18(21-20(24-15)19-10-6-12-23-19)14-22-11-5-9-17(13-22)16-7-3-2-4-8-16/h2-4,6-8,10,12,17H,5,9,11,13-14H2,1H3. The molecule has 1 unspecified atom stereocenters. The van der Waals surface area contributed by atoms with E-state index < -0.39 is 0 Å². The molecular formula is C20H22N2O2. The summed E-state index contributed by atoms with van der Waals surface area (Å²) in [6.07, 6.45) is 4.13. The quantitative estimate of drug-likeness (QED) is 0.703. The van der Waals surface area contributed by atoms with Crippen molar-refractivity contribution in [2.24, 2.45) is 0 Å². The van der Waals surface area contributed by atoms with Crippen LogP contribution >= 0.6 is 0 Å². The molecule has 1 aliphatic rings. The Bertz CT molecular complexity index is 777. The molecule has 1 aliphatic heterocycles. The molecule has 2 aromatic heterocycles. The number of hydrogen-bond acceptors (Lipinski definition) is 4. The molecule has 0 N–H and O–H groups in total. The molecular weight excluding hydrogens is 300 g/mol. The van der Waals surface area contributed by atoms with Crippen LogP contribution in [0.25, 0.3) is 11.7 Å². The van der Waals surface area contributed by atoms with E-state index in [0.29, 0.717) is 17.6 Å². The summed E-state index contributed by atoms with van der Waals surface area (Å²) < 4.78 is 11.2. The van der Waals surface area contributed by atoms with E-state index in [1.807, 2.05) is 19.1 Å². The third kappa shape index (κ3) is 3.15. The fourth-order valence-electron chi connectivity index (χ4n) is 3.49. The summed E-state index contributed by atoms with van der Waals surface area (Å²) in [6.45, 7) is 5.00. The van der Waals surface area contributed by atoms with Crippen LogP contribution in [0, 0.1) is 6.92 Å². The van der Waals surface area contributed by atoms with Gasteiger partial charge >= 0.3 is 0 Å². The SMILES string of the molecule is Cc1oc(-c2ccco2)nc1CN1CCCC(c2ccccc2)C1. The van der Waals surface area contributed by atoms with Gasteiger partial charge in [0.1, 0.15) is 5.76 Å². The number of piperidine rings is 1. The van der Waals surface area contributed by atoms with E-state index in [2.05, 4.69) is 40.2 Å². The average Bonchev–Trinajstić information content (AvgIpc) is 3.27. The van der Waals surface area contributed by atoms with Gasteiger partial charge in [-0.2, -0.15) is 0 Å². The first-order valence-electron chi connectivity index (χ1n) is 8.57. The third-order valence-corrected chi connectivity index (χ3v) is 4.77. The Kier molecular flexibility index (Phi) is 4.22. The highest BCUT2D eigenvalue weighted by atomic mass is 16.4. The van der Waals surface area contributed by atoms with E-state index in [1.165, 1.54) is 18.4 Å². The summed E-state index contributed by atoms with van der Waals surface area (Å²) in [7, 11) is 0. The van der Waals surface area contributed by atoms with Crippen LogP contribution in [0.15, 0.2) is 57.6 Å². The molecule has 0 saturated carbocycles. The zero-order valence-corrected chi connectivity index (χ0v) is 13.9. The number of rotatable bonds is 4. The lowest BCUT2D eigenvalue weighted by atomic mass is 9.90. The van der Waals surface area contributed by atoms with E-state index in [0.717, 1.165) is 31.1 Å². The van der Waals surface area contributed by atoms with E-state index in [1.54, 1.807) is 6.26 Å². The van der Waals surface area contributed by atoms with Crippen LogP contribution in [0.1, 0.15) is 35.8 Å². The molecule has 3 aromatic rings. The summed E-state index contributed by atoms with van der Waals surface area (Å²) >= 11 is 0. The highest BCUT2D eigenvalue weighted by molar-refractivity contribution is 5.44. The van der Waals surface area contributed by atoms with Crippen molar-refractivity contribution in [3.05, 3.63) is 65.7 Å². The zero-order chi connectivity index (χ0) is 16.4. The molecule has 0 amide bonds. The number of likely N-dealkylation sites (tertiary alicyclic amines) is 1. The number of furan rings is 1. The van der Waals surface area contributed by atoms with Gasteiger partial charge in [0.25, 0.3) is 5.89 Å². The summed E-state index contributed by atoms with van der Waals surface area (Å²) in [5.74, 6) is 2.74. The van der Waals surface area contributed by atoms with Gasteiger partial charge in [-0.25, -0.2) is 4.98 Å². The number of nitrogens with zero attached hydrogens (tertiary/aromatic N) is 2. The fourth-order valence-corrected chi connectivity index (χ4v) is 3.49. The van der Waals surface area contributed by atoms with Gasteiger partial charge in [-0.3, -0.25) is 4.90 Å². The topological polar surface area (TPSA) is 42.4 Å². The molecule has 3 heterocycles. The number of aromatic nitrogens is 1. The predicted octanol–water partition coefficient (Wildman–Crippen LogP) is 4.62. The Morgan fingerprint density at radius 3 is 2.83 bits per heavy atom. The first-order chi connectivity index (χ1) is 11.8.